The van der Waals surface area contributed by atoms with Crippen molar-refractivity contribution in [1.82, 2.24) is 0 Å². The monoisotopic (exact) mass is 281 g/mol. The van der Waals surface area contributed by atoms with Crippen LogP contribution in [0.4, 0.5) is 4.39 Å². The largest absolute Gasteiger partial charge is 0.486 e. The van der Waals surface area contributed by atoms with Crippen molar-refractivity contribution in [3.8, 4) is 23.7 Å². The summed E-state index contributed by atoms with van der Waals surface area (Å²) in [7, 11) is 0. The van der Waals surface area contributed by atoms with Crippen molar-refractivity contribution in [3.63, 3.8) is 0 Å². The highest BCUT2D eigenvalue weighted by Gasteiger charge is 2.05. The zero-order valence-corrected chi connectivity index (χ0v) is 11.1. The zero-order chi connectivity index (χ0) is 15.1. The fourth-order valence-corrected chi connectivity index (χ4v) is 1.73. The summed E-state index contributed by atoms with van der Waals surface area (Å²) in [5.41, 5.74) is 1.84. The number of aliphatic hydroxyl groups excluding tert-OH is 1. The second-order valence-electron chi connectivity index (χ2n) is 4.21. The van der Waals surface area contributed by atoms with Crippen LogP contribution in [-0.2, 0) is 6.61 Å². The zero-order valence-electron chi connectivity index (χ0n) is 11.1. The van der Waals surface area contributed by atoms with Crippen molar-refractivity contribution < 1.29 is 14.2 Å². The molecule has 0 aromatic heterocycles. The van der Waals surface area contributed by atoms with Gasteiger partial charge in [-0.1, -0.05) is 24.0 Å². The van der Waals surface area contributed by atoms with E-state index in [0.29, 0.717) is 0 Å². The number of halogens is 1. The summed E-state index contributed by atoms with van der Waals surface area (Å²) >= 11 is 0. The van der Waals surface area contributed by atoms with Crippen LogP contribution in [0.1, 0.15) is 16.7 Å². The quantitative estimate of drug-likeness (QED) is 0.880. The minimum atomic E-state index is -0.565. The number of nitriles is 1. The lowest BCUT2D eigenvalue weighted by Crippen LogP contribution is -1.98. The lowest BCUT2D eigenvalue weighted by molar-refractivity contribution is 0.290. The van der Waals surface area contributed by atoms with Crippen LogP contribution >= 0.6 is 0 Å². The standard InChI is InChI=1S/C17H12FNO2/c18-16-10-14(11-19)6-7-17(16)21-12-15-4-1-3-13(9-15)5-2-8-20/h1,3-4,6-7,9-10,20H,8,12H2. The molecular weight excluding hydrogens is 269 g/mol. The molecule has 1 N–H and O–H groups in total. The van der Waals surface area contributed by atoms with Crippen LogP contribution in [0, 0.1) is 29.0 Å². The molecule has 0 aliphatic heterocycles. The predicted octanol–water partition coefficient (Wildman–Crippen LogP) is 2.62. The molecule has 2 aromatic carbocycles. The van der Waals surface area contributed by atoms with Crippen molar-refractivity contribution in [2.75, 3.05) is 6.61 Å². The van der Waals surface area contributed by atoms with Crippen LogP contribution in [0.5, 0.6) is 5.75 Å². The topological polar surface area (TPSA) is 53.2 Å². The molecule has 0 fully saturated rings. The highest BCUT2D eigenvalue weighted by Crippen LogP contribution is 2.19. The van der Waals surface area contributed by atoms with Crippen molar-refractivity contribution in [2.24, 2.45) is 0 Å². The SMILES string of the molecule is N#Cc1ccc(OCc2cccc(C#CCO)c2)c(F)c1. The summed E-state index contributed by atoms with van der Waals surface area (Å²) in [6, 6.07) is 13.2. The summed E-state index contributed by atoms with van der Waals surface area (Å²) in [4.78, 5) is 0. The first kappa shape index (κ1) is 14.6. The molecule has 0 saturated carbocycles. The molecule has 0 bridgehead atoms. The molecule has 0 unspecified atom stereocenters. The number of benzene rings is 2. The van der Waals surface area contributed by atoms with Crippen molar-refractivity contribution in [1.29, 1.82) is 5.26 Å². The first-order valence-electron chi connectivity index (χ1n) is 6.24. The van der Waals surface area contributed by atoms with Gasteiger partial charge in [-0.3, -0.25) is 0 Å². The van der Waals surface area contributed by atoms with Crippen LogP contribution < -0.4 is 4.74 Å². The summed E-state index contributed by atoms with van der Waals surface area (Å²) in [5, 5.41) is 17.3. The first-order valence-corrected chi connectivity index (χ1v) is 6.24. The first-order chi connectivity index (χ1) is 10.2. The van der Waals surface area contributed by atoms with E-state index in [2.05, 4.69) is 11.8 Å². The Hall–Kier alpha value is -2.82. The molecule has 2 aromatic rings. The summed E-state index contributed by atoms with van der Waals surface area (Å²) in [5.74, 6) is 4.89. The van der Waals surface area contributed by atoms with Gasteiger partial charge in [-0.2, -0.15) is 5.26 Å². The lowest BCUT2D eigenvalue weighted by Gasteiger charge is -2.07. The Kier molecular flexibility index (Phi) is 4.93. The van der Waals surface area contributed by atoms with Crippen LogP contribution in [0.25, 0.3) is 0 Å². The van der Waals surface area contributed by atoms with Crippen LogP contribution in [-0.4, -0.2) is 11.7 Å². The molecule has 4 heteroatoms. The molecule has 0 saturated heterocycles. The van der Waals surface area contributed by atoms with E-state index in [1.807, 2.05) is 30.3 Å². The van der Waals surface area contributed by atoms with Gasteiger partial charge in [0.25, 0.3) is 0 Å². The van der Waals surface area contributed by atoms with Gasteiger partial charge in [0.2, 0.25) is 0 Å². The van der Waals surface area contributed by atoms with E-state index in [0.717, 1.165) is 17.2 Å². The molecule has 0 spiro atoms. The lowest BCUT2D eigenvalue weighted by atomic mass is 10.1. The van der Waals surface area contributed by atoms with Crippen LogP contribution in [0.2, 0.25) is 0 Å². The molecule has 104 valence electrons. The van der Waals surface area contributed by atoms with Gasteiger partial charge in [0.05, 0.1) is 11.6 Å². The van der Waals surface area contributed by atoms with Gasteiger partial charge < -0.3 is 9.84 Å². The Morgan fingerprint density at radius 2 is 2.00 bits per heavy atom. The maximum absolute atomic E-state index is 13.7. The molecular formula is C17H12FNO2. The summed E-state index contributed by atoms with van der Waals surface area (Å²) in [6.07, 6.45) is 0. The number of hydrogen-bond donors (Lipinski definition) is 1. The average Bonchev–Trinajstić information content (AvgIpc) is 2.52. The molecule has 21 heavy (non-hydrogen) atoms. The summed E-state index contributed by atoms with van der Waals surface area (Å²) in [6.45, 7) is -0.00531. The third-order valence-corrected chi connectivity index (χ3v) is 2.69. The van der Waals surface area contributed by atoms with Gasteiger partial charge in [-0.25, -0.2) is 4.39 Å². The normalized spacial score (nSPS) is 9.38. The molecule has 0 aliphatic rings. The number of ether oxygens (including phenoxy) is 1. The van der Waals surface area contributed by atoms with E-state index < -0.39 is 5.82 Å². The van der Waals surface area contributed by atoms with Gasteiger partial charge in [0.15, 0.2) is 11.6 Å². The number of aliphatic hydroxyl groups is 1. The maximum Gasteiger partial charge on any atom is 0.166 e. The fourth-order valence-electron chi connectivity index (χ4n) is 1.73. The van der Waals surface area contributed by atoms with Gasteiger partial charge >= 0.3 is 0 Å². The van der Waals surface area contributed by atoms with Crippen molar-refractivity contribution in [2.45, 2.75) is 6.61 Å². The second kappa shape index (κ2) is 7.09. The van der Waals surface area contributed by atoms with Gasteiger partial charge in [0.1, 0.15) is 13.2 Å². The van der Waals surface area contributed by atoms with E-state index in [1.54, 1.807) is 0 Å². The van der Waals surface area contributed by atoms with Crippen molar-refractivity contribution in [3.05, 3.63) is 65.0 Å². The second-order valence-corrected chi connectivity index (χ2v) is 4.21. The third kappa shape index (κ3) is 4.07. The number of nitrogens with zero attached hydrogens (tertiary/aromatic N) is 1. The molecule has 0 radical (unpaired) electrons. The minimum Gasteiger partial charge on any atom is -0.486 e. The number of rotatable bonds is 3. The summed E-state index contributed by atoms with van der Waals surface area (Å²) < 4.78 is 19.1. The molecule has 0 aliphatic carbocycles. The van der Waals surface area contributed by atoms with Crippen molar-refractivity contribution >= 4 is 0 Å². The smallest absolute Gasteiger partial charge is 0.166 e. The molecule has 3 nitrogen and oxygen atoms in total. The molecule has 2 rings (SSSR count). The van der Waals surface area contributed by atoms with Gasteiger partial charge in [-0.05, 0) is 35.9 Å². The van der Waals surface area contributed by atoms with Crippen LogP contribution in [0.3, 0.4) is 0 Å². The number of hydrogen-bond acceptors (Lipinski definition) is 3. The van der Waals surface area contributed by atoms with E-state index in [4.69, 9.17) is 15.1 Å². The Morgan fingerprint density at radius 1 is 1.14 bits per heavy atom. The highest BCUT2D eigenvalue weighted by atomic mass is 19.1. The average molecular weight is 281 g/mol. The van der Waals surface area contributed by atoms with Crippen LogP contribution in [0.15, 0.2) is 42.5 Å². The Morgan fingerprint density at radius 3 is 2.71 bits per heavy atom. The van der Waals surface area contributed by atoms with Gasteiger partial charge in [-0.15, -0.1) is 0 Å². The fraction of sp³-hybridized carbons (Fsp3) is 0.118. The minimum absolute atomic E-state index is 0.0980. The Balaban J connectivity index is 2.08. The predicted molar refractivity (Wildman–Crippen MR) is 75.9 cm³/mol. The van der Waals surface area contributed by atoms with E-state index >= 15 is 0 Å². The van der Waals surface area contributed by atoms with E-state index in [9.17, 15) is 4.39 Å². The Bertz CT molecular complexity index is 738. The molecule has 0 atom stereocenters. The van der Waals surface area contributed by atoms with Gasteiger partial charge in [0, 0.05) is 5.56 Å². The Labute approximate surface area is 122 Å². The van der Waals surface area contributed by atoms with E-state index in [-0.39, 0.29) is 24.5 Å². The highest BCUT2D eigenvalue weighted by molar-refractivity contribution is 5.38. The third-order valence-electron chi connectivity index (χ3n) is 2.69. The molecule has 0 amide bonds. The maximum atomic E-state index is 13.7. The van der Waals surface area contributed by atoms with E-state index in [1.165, 1.54) is 12.1 Å². The molecule has 0 heterocycles.